The first-order valence-electron chi connectivity index (χ1n) is 9.96. The first kappa shape index (κ1) is 20.2. The number of hydrogen-bond acceptors (Lipinski definition) is 3. The van der Waals surface area contributed by atoms with Crippen LogP contribution in [0.5, 0.6) is 0 Å². The van der Waals surface area contributed by atoms with E-state index in [1.54, 1.807) is 6.92 Å². The van der Waals surface area contributed by atoms with Gasteiger partial charge in [0.15, 0.2) is 0 Å². The molecule has 3 nitrogen and oxygen atoms in total. The third-order valence-electron chi connectivity index (χ3n) is 7.08. The lowest BCUT2D eigenvalue weighted by molar-refractivity contribution is -0.164. The number of hydrogen-bond donors (Lipinski definition) is 0. The number of ketones is 1. The Bertz CT molecular complexity index is 523. The Kier molecular flexibility index (Phi) is 6.51. The van der Waals surface area contributed by atoms with Gasteiger partial charge in [-0.3, -0.25) is 4.79 Å². The fourth-order valence-electron chi connectivity index (χ4n) is 5.65. The standard InChI is InChI=1S/C22H36O3/c1-14(13-17(4)23)7-9-18-15(2)8-10-19-20(18)16(3)11-12-22(19,5)21(24)25-6/h14,16,18-20H,2,7-13H2,1,3-6H3/t14?,16-,18?,19?,20?,22?/m0/s1. The Morgan fingerprint density at radius 3 is 2.64 bits per heavy atom. The van der Waals surface area contributed by atoms with Gasteiger partial charge in [-0.1, -0.05) is 26.0 Å². The summed E-state index contributed by atoms with van der Waals surface area (Å²) in [5.74, 6) is 2.67. The molecule has 2 saturated carbocycles. The molecule has 0 amide bonds. The van der Waals surface area contributed by atoms with E-state index in [-0.39, 0.29) is 17.2 Å². The first-order chi connectivity index (χ1) is 11.7. The summed E-state index contributed by atoms with van der Waals surface area (Å²) in [7, 11) is 1.52. The molecule has 0 N–H and O–H groups in total. The van der Waals surface area contributed by atoms with Crippen LogP contribution in [-0.4, -0.2) is 18.9 Å². The molecule has 0 radical (unpaired) electrons. The third kappa shape index (κ3) is 4.17. The zero-order valence-corrected chi connectivity index (χ0v) is 16.8. The maximum atomic E-state index is 12.5. The number of ether oxygens (including phenoxy) is 1. The molecular weight excluding hydrogens is 312 g/mol. The van der Waals surface area contributed by atoms with Crippen molar-refractivity contribution in [2.45, 2.75) is 72.6 Å². The van der Waals surface area contributed by atoms with Gasteiger partial charge in [0.05, 0.1) is 12.5 Å². The highest BCUT2D eigenvalue weighted by Gasteiger charge is 2.53. The molecule has 2 fully saturated rings. The number of Topliss-reactive ketones (excluding diaryl/α,β-unsaturated/α-hetero) is 1. The van der Waals surface area contributed by atoms with Gasteiger partial charge in [0.2, 0.25) is 0 Å². The molecule has 0 heterocycles. The van der Waals surface area contributed by atoms with Gasteiger partial charge in [-0.15, -0.1) is 0 Å². The minimum atomic E-state index is -0.351. The van der Waals surface area contributed by atoms with Crippen molar-refractivity contribution in [2.75, 3.05) is 7.11 Å². The van der Waals surface area contributed by atoms with E-state index in [4.69, 9.17) is 4.74 Å². The summed E-state index contributed by atoms with van der Waals surface area (Å²) < 4.78 is 5.18. The van der Waals surface area contributed by atoms with Gasteiger partial charge < -0.3 is 9.53 Å². The number of carbonyl (C=O) groups excluding carboxylic acids is 2. The van der Waals surface area contributed by atoms with E-state index in [1.807, 2.05) is 0 Å². The molecule has 0 bridgehead atoms. The van der Waals surface area contributed by atoms with Crippen molar-refractivity contribution in [3.8, 4) is 0 Å². The van der Waals surface area contributed by atoms with Crippen molar-refractivity contribution in [1.82, 2.24) is 0 Å². The molecule has 0 aromatic rings. The molecule has 2 aliphatic rings. The number of allylic oxidation sites excluding steroid dienone is 1. The Hall–Kier alpha value is -1.12. The second-order valence-electron chi connectivity index (χ2n) is 9.00. The van der Waals surface area contributed by atoms with Crippen LogP contribution in [0.3, 0.4) is 0 Å². The third-order valence-corrected chi connectivity index (χ3v) is 7.08. The molecule has 0 aliphatic heterocycles. The van der Waals surface area contributed by atoms with Crippen molar-refractivity contribution in [2.24, 2.45) is 35.0 Å². The van der Waals surface area contributed by atoms with Gasteiger partial charge in [0.1, 0.15) is 5.78 Å². The lowest BCUT2D eigenvalue weighted by atomic mass is 9.51. The van der Waals surface area contributed by atoms with E-state index < -0.39 is 0 Å². The number of rotatable bonds is 6. The average Bonchev–Trinajstić information content (AvgIpc) is 2.55. The molecule has 0 aromatic heterocycles. The summed E-state index contributed by atoms with van der Waals surface area (Å²) >= 11 is 0. The smallest absolute Gasteiger partial charge is 0.311 e. The molecule has 3 heteroatoms. The minimum absolute atomic E-state index is 0.0365. The number of fused-ring (bicyclic) bond motifs is 1. The van der Waals surface area contributed by atoms with E-state index in [1.165, 1.54) is 12.7 Å². The fraction of sp³-hybridized carbons (Fsp3) is 0.818. The molecule has 5 unspecified atom stereocenters. The maximum absolute atomic E-state index is 12.5. The summed E-state index contributed by atoms with van der Waals surface area (Å²) in [4.78, 5) is 23.9. The second kappa shape index (κ2) is 8.05. The molecule has 2 aliphatic carbocycles. The fourth-order valence-corrected chi connectivity index (χ4v) is 5.65. The van der Waals surface area contributed by atoms with E-state index in [9.17, 15) is 9.59 Å². The van der Waals surface area contributed by atoms with Gasteiger partial charge in [0.25, 0.3) is 0 Å². The van der Waals surface area contributed by atoms with Crippen LogP contribution in [0.4, 0.5) is 0 Å². The molecule has 2 rings (SSSR count). The summed E-state index contributed by atoms with van der Waals surface area (Å²) in [5, 5.41) is 0. The summed E-state index contributed by atoms with van der Waals surface area (Å²) in [6, 6.07) is 0. The van der Waals surface area contributed by atoms with E-state index in [0.717, 1.165) is 38.5 Å². The van der Waals surface area contributed by atoms with Gasteiger partial charge in [-0.25, -0.2) is 0 Å². The molecule has 0 saturated heterocycles. The second-order valence-corrected chi connectivity index (χ2v) is 9.00. The van der Waals surface area contributed by atoms with Gasteiger partial charge >= 0.3 is 5.97 Å². The minimum Gasteiger partial charge on any atom is -0.469 e. The lowest BCUT2D eigenvalue weighted by Gasteiger charge is -2.53. The van der Waals surface area contributed by atoms with Crippen LogP contribution < -0.4 is 0 Å². The molecule has 25 heavy (non-hydrogen) atoms. The maximum Gasteiger partial charge on any atom is 0.311 e. The summed E-state index contributed by atoms with van der Waals surface area (Å²) in [5.41, 5.74) is 1.01. The number of esters is 1. The number of carbonyl (C=O) groups is 2. The van der Waals surface area contributed by atoms with E-state index in [2.05, 4.69) is 27.4 Å². The predicted octanol–water partition coefficient (Wildman–Crippen LogP) is 5.19. The van der Waals surface area contributed by atoms with Gasteiger partial charge in [0, 0.05) is 6.42 Å². The average molecular weight is 349 g/mol. The van der Waals surface area contributed by atoms with Crippen LogP contribution in [-0.2, 0) is 14.3 Å². The summed E-state index contributed by atoms with van der Waals surface area (Å²) in [6.07, 6.45) is 6.92. The number of methoxy groups -OCH3 is 1. The van der Waals surface area contributed by atoms with Crippen LogP contribution in [0.1, 0.15) is 72.6 Å². The van der Waals surface area contributed by atoms with Crippen molar-refractivity contribution in [3.05, 3.63) is 12.2 Å². The Balaban J connectivity index is 2.17. The zero-order valence-electron chi connectivity index (χ0n) is 16.8. The molecule has 0 spiro atoms. The first-order valence-corrected chi connectivity index (χ1v) is 9.96. The molecule has 6 atom stereocenters. The van der Waals surface area contributed by atoms with E-state index >= 15 is 0 Å². The molecular formula is C22H36O3. The van der Waals surface area contributed by atoms with Crippen molar-refractivity contribution in [3.63, 3.8) is 0 Å². The van der Waals surface area contributed by atoms with Gasteiger partial charge in [-0.05, 0) is 82.0 Å². The SMILES string of the molecule is C=C1CCC2C(C1CCC(C)CC(C)=O)[C@@H](C)CCC2(C)C(=O)OC. The predicted molar refractivity (Wildman–Crippen MR) is 101 cm³/mol. The largest absolute Gasteiger partial charge is 0.469 e. The highest BCUT2D eigenvalue weighted by molar-refractivity contribution is 5.77. The van der Waals surface area contributed by atoms with Crippen molar-refractivity contribution in [1.29, 1.82) is 0 Å². The monoisotopic (exact) mass is 348 g/mol. The topological polar surface area (TPSA) is 43.4 Å². The van der Waals surface area contributed by atoms with Crippen LogP contribution >= 0.6 is 0 Å². The van der Waals surface area contributed by atoms with Crippen LogP contribution in [0.15, 0.2) is 12.2 Å². The quantitative estimate of drug-likeness (QED) is 0.490. The van der Waals surface area contributed by atoms with Gasteiger partial charge in [-0.2, -0.15) is 0 Å². The molecule has 0 aromatic carbocycles. The van der Waals surface area contributed by atoms with Crippen LogP contribution in [0.2, 0.25) is 0 Å². The lowest BCUT2D eigenvalue weighted by Crippen LogP contribution is -2.50. The van der Waals surface area contributed by atoms with Crippen LogP contribution in [0.25, 0.3) is 0 Å². The molecule has 142 valence electrons. The highest BCUT2D eigenvalue weighted by Crippen LogP contribution is 2.57. The Labute approximate surface area is 153 Å². The van der Waals surface area contributed by atoms with Crippen molar-refractivity contribution >= 4 is 11.8 Å². The Morgan fingerprint density at radius 1 is 1.36 bits per heavy atom. The van der Waals surface area contributed by atoms with E-state index in [0.29, 0.717) is 36.0 Å². The summed E-state index contributed by atoms with van der Waals surface area (Å²) in [6.45, 7) is 12.7. The zero-order chi connectivity index (χ0) is 18.8. The highest BCUT2D eigenvalue weighted by atomic mass is 16.5. The Morgan fingerprint density at radius 2 is 2.04 bits per heavy atom. The van der Waals surface area contributed by atoms with Crippen LogP contribution in [0, 0.1) is 35.0 Å². The van der Waals surface area contributed by atoms with Crippen molar-refractivity contribution < 1.29 is 14.3 Å². The normalized spacial score (nSPS) is 36.4.